The molecule has 4 nitrogen and oxygen atoms in total. The van der Waals surface area contributed by atoms with Crippen LogP contribution in [0, 0.1) is 0 Å². The molecule has 0 saturated carbocycles. The maximum Gasteiger partial charge on any atom is 0.224 e. The molecule has 1 aromatic heterocycles. The van der Waals surface area contributed by atoms with E-state index in [2.05, 4.69) is 68.3 Å². The highest BCUT2D eigenvalue weighted by Gasteiger charge is 2.13. The van der Waals surface area contributed by atoms with Crippen molar-refractivity contribution in [2.45, 2.75) is 58.8 Å². The molecule has 2 aromatic carbocycles. The molecule has 3 rings (SSSR count). The van der Waals surface area contributed by atoms with E-state index in [9.17, 15) is 4.79 Å². The number of para-hydroxylation sites is 1. The standard InChI is InChI=1S/C25H30N2O2/c1-5-18(4)21-8-6-7-9-22(21)27-24(28)14-15-25-26-16-23(29-25)20-12-10-19(11-13-20)17(2)3/h6-13,16-18H,5,14-15H2,1-4H3,(H,27,28). The average molecular weight is 391 g/mol. The number of carbonyl (C=O) groups excluding carboxylic acids is 1. The second kappa shape index (κ2) is 9.55. The molecule has 1 unspecified atom stereocenters. The Morgan fingerprint density at radius 1 is 1.07 bits per heavy atom. The van der Waals surface area contributed by atoms with Crippen molar-refractivity contribution >= 4 is 11.6 Å². The van der Waals surface area contributed by atoms with E-state index >= 15 is 0 Å². The average Bonchev–Trinajstić information content (AvgIpc) is 3.21. The molecule has 0 aliphatic heterocycles. The van der Waals surface area contributed by atoms with Crippen LogP contribution in [0.4, 0.5) is 5.69 Å². The Labute approximate surface area is 173 Å². The molecule has 1 atom stereocenters. The van der Waals surface area contributed by atoms with Crippen molar-refractivity contribution in [1.29, 1.82) is 0 Å². The van der Waals surface area contributed by atoms with Crippen LogP contribution < -0.4 is 5.32 Å². The van der Waals surface area contributed by atoms with Gasteiger partial charge in [0.25, 0.3) is 0 Å². The predicted octanol–water partition coefficient (Wildman–Crippen LogP) is 6.55. The van der Waals surface area contributed by atoms with Gasteiger partial charge < -0.3 is 9.73 Å². The third kappa shape index (κ3) is 5.35. The van der Waals surface area contributed by atoms with E-state index in [1.165, 1.54) is 11.1 Å². The van der Waals surface area contributed by atoms with Crippen molar-refractivity contribution < 1.29 is 9.21 Å². The van der Waals surface area contributed by atoms with Crippen LogP contribution in [0.25, 0.3) is 11.3 Å². The summed E-state index contributed by atoms with van der Waals surface area (Å²) in [5.74, 6) is 2.19. The first kappa shape index (κ1) is 20.8. The Balaban J connectivity index is 1.59. The molecule has 4 heteroatoms. The largest absolute Gasteiger partial charge is 0.441 e. The second-order valence-electron chi connectivity index (χ2n) is 7.84. The summed E-state index contributed by atoms with van der Waals surface area (Å²) in [6.07, 6.45) is 3.57. The van der Waals surface area contributed by atoms with Crippen LogP contribution >= 0.6 is 0 Å². The van der Waals surface area contributed by atoms with Crippen LogP contribution in [0.15, 0.2) is 59.1 Å². The summed E-state index contributed by atoms with van der Waals surface area (Å²) in [6.45, 7) is 8.68. The number of hydrogen-bond acceptors (Lipinski definition) is 3. The zero-order chi connectivity index (χ0) is 20.8. The summed E-state index contributed by atoms with van der Waals surface area (Å²) in [4.78, 5) is 16.8. The molecule has 0 aliphatic rings. The summed E-state index contributed by atoms with van der Waals surface area (Å²) in [6, 6.07) is 16.3. The molecule has 0 saturated heterocycles. The Hall–Kier alpha value is -2.88. The fourth-order valence-electron chi connectivity index (χ4n) is 3.29. The topological polar surface area (TPSA) is 55.1 Å². The molecule has 0 radical (unpaired) electrons. The molecule has 0 spiro atoms. The summed E-state index contributed by atoms with van der Waals surface area (Å²) in [5.41, 5.74) is 4.36. The van der Waals surface area contributed by atoms with Crippen LogP contribution in [0.2, 0.25) is 0 Å². The molecule has 0 fully saturated rings. The van der Waals surface area contributed by atoms with E-state index in [1.807, 2.05) is 18.2 Å². The Kier molecular flexibility index (Phi) is 6.86. The van der Waals surface area contributed by atoms with Crippen molar-refractivity contribution in [3.63, 3.8) is 0 Å². The number of carbonyl (C=O) groups is 1. The van der Waals surface area contributed by atoms with Gasteiger partial charge in [0.15, 0.2) is 11.7 Å². The zero-order valence-electron chi connectivity index (χ0n) is 17.7. The number of oxazole rings is 1. The summed E-state index contributed by atoms with van der Waals surface area (Å²) in [7, 11) is 0. The van der Waals surface area contributed by atoms with Crippen LogP contribution in [0.1, 0.15) is 69.4 Å². The summed E-state index contributed by atoms with van der Waals surface area (Å²) >= 11 is 0. The normalized spacial score (nSPS) is 12.2. The van der Waals surface area contributed by atoms with Gasteiger partial charge in [-0.15, -0.1) is 0 Å². The van der Waals surface area contributed by atoms with Gasteiger partial charge in [-0.2, -0.15) is 0 Å². The predicted molar refractivity (Wildman–Crippen MR) is 118 cm³/mol. The number of nitrogens with zero attached hydrogens (tertiary/aromatic N) is 1. The van der Waals surface area contributed by atoms with E-state index in [1.54, 1.807) is 6.20 Å². The van der Waals surface area contributed by atoms with Gasteiger partial charge in [-0.1, -0.05) is 70.2 Å². The minimum atomic E-state index is -0.0261. The van der Waals surface area contributed by atoms with E-state index in [0.717, 1.165) is 23.4 Å². The van der Waals surface area contributed by atoms with Gasteiger partial charge in [-0.25, -0.2) is 4.98 Å². The molecule has 0 aliphatic carbocycles. The molecule has 3 aromatic rings. The summed E-state index contributed by atoms with van der Waals surface area (Å²) in [5, 5.41) is 3.04. The molecular formula is C25H30N2O2. The SMILES string of the molecule is CCC(C)c1ccccc1NC(=O)CCc1ncc(-c2ccc(C(C)C)cc2)o1. The lowest BCUT2D eigenvalue weighted by atomic mass is 9.97. The van der Waals surface area contributed by atoms with E-state index in [-0.39, 0.29) is 5.91 Å². The van der Waals surface area contributed by atoms with Crippen LogP contribution in [0.5, 0.6) is 0 Å². The van der Waals surface area contributed by atoms with Gasteiger partial charge in [0.1, 0.15) is 0 Å². The number of anilines is 1. The van der Waals surface area contributed by atoms with E-state index < -0.39 is 0 Å². The van der Waals surface area contributed by atoms with Gasteiger partial charge in [0, 0.05) is 24.1 Å². The smallest absolute Gasteiger partial charge is 0.224 e. The van der Waals surface area contributed by atoms with Gasteiger partial charge in [-0.3, -0.25) is 4.79 Å². The maximum atomic E-state index is 12.4. The highest BCUT2D eigenvalue weighted by atomic mass is 16.4. The lowest BCUT2D eigenvalue weighted by molar-refractivity contribution is -0.116. The number of rotatable bonds is 8. The van der Waals surface area contributed by atoms with Gasteiger partial charge in [0.2, 0.25) is 5.91 Å². The van der Waals surface area contributed by atoms with Gasteiger partial charge in [-0.05, 0) is 35.4 Å². The number of nitrogens with one attached hydrogen (secondary N) is 1. The lowest BCUT2D eigenvalue weighted by Crippen LogP contribution is -2.14. The van der Waals surface area contributed by atoms with Crippen molar-refractivity contribution in [1.82, 2.24) is 4.98 Å². The summed E-state index contributed by atoms with van der Waals surface area (Å²) < 4.78 is 5.86. The first-order chi connectivity index (χ1) is 14.0. The van der Waals surface area contributed by atoms with Gasteiger partial charge >= 0.3 is 0 Å². The molecular weight excluding hydrogens is 360 g/mol. The first-order valence-corrected chi connectivity index (χ1v) is 10.4. The lowest BCUT2D eigenvalue weighted by Gasteiger charge is -2.15. The quantitative estimate of drug-likeness (QED) is 0.474. The van der Waals surface area contributed by atoms with E-state index in [0.29, 0.717) is 30.6 Å². The Bertz CT molecular complexity index is 941. The monoisotopic (exact) mass is 390 g/mol. The van der Waals surface area contributed by atoms with Crippen LogP contribution in [-0.4, -0.2) is 10.9 Å². The van der Waals surface area contributed by atoms with Crippen LogP contribution in [0.3, 0.4) is 0 Å². The highest BCUT2D eigenvalue weighted by molar-refractivity contribution is 5.91. The Morgan fingerprint density at radius 2 is 1.79 bits per heavy atom. The minimum Gasteiger partial charge on any atom is -0.441 e. The number of amides is 1. The zero-order valence-corrected chi connectivity index (χ0v) is 17.7. The number of aryl methyl sites for hydroxylation is 1. The maximum absolute atomic E-state index is 12.4. The van der Waals surface area contributed by atoms with Crippen molar-refractivity contribution in [3.8, 4) is 11.3 Å². The molecule has 0 bridgehead atoms. The molecule has 1 amide bonds. The minimum absolute atomic E-state index is 0.0261. The fraction of sp³-hybridized carbons (Fsp3) is 0.360. The van der Waals surface area contributed by atoms with Crippen molar-refractivity contribution in [3.05, 3.63) is 71.7 Å². The molecule has 29 heavy (non-hydrogen) atoms. The third-order valence-corrected chi connectivity index (χ3v) is 5.36. The Morgan fingerprint density at radius 3 is 2.48 bits per heavy atom. The molecule has 152 valence electrons. The number of hydrogen-bond donors (Lipinski definition) is 1. The fourth-order valence-corrected chi connectivity index (χ4v) is 3.29. The third-order valence-electron chi connectivity index (χ3n) is 5.36. The van der Waals surface area contributed by atoms with Crippen molar-refractivity contribution in [2.24, 2.45) is 0 Å². The second-order valence-corrected chi connectivity index (χ2v) is 7.84. The highest BCUT2D eigenvalue weighted by Crippen LogP contribution is 2.27. The molecule has 1 heterocycles. The van der Waals surface area contributed by atoms with E-state index in [4.69, 9.17) is 4.42 Å². The molecule has 1 N–H and O–H groups in total. The van der Waals surface area contributed by atoms with Crippen molar-refractivity contribution in [2.75, 3.05) is 5.32 Å². The first-order valence-electron chi connectivity index (χ1n) is 10.4. The number of aromatic nitrogens is 1. The van der Waals surface area contributed by atoms with Gasteiger partial charge in [0.05, 0.1) is 6.20 Å². The van der Waals surface area contributed by atoms with Crippen LogP contribution in [-0.2, 0) is 11.2 Å². The number of benzene rings is 2.